The summed E-state index contributed by atoms with van der Waals surface area (Å²) in [5.74, 6) is 1.47. The van der Waals surface area contributed by atoms with E-state index >= 15 is 0 Å². The Morgan fingerprint density at radius 2 is 1.94 bits per heavy atom. The fourth-order valence-corrected chi connectivity index (χ4v) is 1.62. The predicted octanol–water partition coefficient (Wildman–Crippen LogP) is 2.51. The van der Waals surface area contributed by atoms with E-state index in [0.29, 0.717) is 18.4 Å². The van der Waals surface area contributed by atoms with Crippen LogP contribution in [0.3, 0.4) is 0 Å². The van der Waals surface area contributed by atoms with Gasteiger partial charge in [-0.2, -0.15) is 0 Å². The molecule has 1 atom stereocenters. The molecule has 1 unspecified atom stereocenters. The van der Waals surface area contributed by atoms with E-state index in [-0.39, 0.29) is 6.04 Å². The number of terminal acetylenes is 1. The standard InChI is InChI=1S/C13H15F2N/c1-3-4-5-13(16-2)8-10-6-11(14)9-12(15)7-10/h1,6-7,9,13,16H,4-5,8H2,2H3. The molecule has 1 aromatic rings. The third-order valence-corrected chi connectivity index (χ3v) is 2.45. The summed E-state index contributed by atoms with van der Waals surface area (Å²) in [4.78, 5) is 0. The summed E-state index contributed by atoms with van der Waals surface area (Å²) in [7, 11) is 1.82. The largest absolute Gasteiger partial charge is 0.317 e. The summed E-state index contributed by atoms with van der Waals surface area (Å²) in [5.41, 5.74) is 0.647. The maximum atomic E-state index is 12.9. The summed E-state index contributed by atoms with van der Waals surface area (Å²) < 4.78 is 25.9. The highest BCUT2D eigenvalue weighted by Gasteiger charge is 2.08. The molecule has 86 valence electrons. The molecule has 0 aromatic heterocycles. The molecule has 0 saturated carbocycles. The van der Waals surface area contributed by atoms with Crippen LogP contribution >= 0.6 is 0 Å². The van der Waals surface area contributed by atoms with Gasteiger partial charge in [0, 0.05) is 18.5 Å². The Kier molecular flexibility index (Phi) is 4.94. The lowest BCUT2D eigenvalue weighted by atomic mass is 10.0. The minimum Gasteiger partial charge on any atom is -0.317 e. The van der Waals surface area contributed by atoms with Gasteiger partial charge in [0.2, 0.25) is 0 Å². The van der Waals surface area contributed by atoms with Gasteiger partial charge in [0.25, 0.3) is 0 Å². The van der Waals surface area contributed by atoms with Crippen molar-refractivity contribution in [3.8, 4) is 12.3 Å². The van der Waals surface area contributed by atoms with Gasteiger partial charge >= 0.3 is 0 Å². The average Bonchev–Trinajstić information content (AvgIpc) is 2.22. The van der Waals surface area contributed by atoms with Crippen molar-refractivity contribution in [2.75, 3.05) is 7.05 Å². The molecule has 0 spiro atoms. The Morgan fingerprint density at radius 1 is 1.31 bits per heavy atom. The molecule has 0 aliphatic carbocycles. The first kappa shape index (κ1) is 12.7. The van der Waals surface area contributed by atoms with Crippen LogP contribution in [0.4, 0.5) is 8.78 Å². The number of likely N-dealkylation sites (N-methyl/N-ethyl adjacent to an activating group) is 1. The van der Waals surface area contributed by atoms with Crippen molar-refractivity contribution in [3.63, 3.8) is 0 Å². The van der Waals surface area contributed by atoms with Gasteiger partial charge in [0.05, 0.1) is 0 Å². The van der Waals surface area contributed by atoms with Crippen molar-refractivity contribution in [3.05, 3.63) is 35.4 Å². The fraction of sp³-hybridized carbons (Fsp3) is 0.385. The van der Waals surface area contributed by atoms with Crippen LogP contribution < -0.4 is 5.32 Å². The summed E-state index contributed by atoms with van der Waals surface area (Å²) in [5, 5.41) is 3.08. The van der Waals surface area contributed by atoms with Crippen LogP contribution in [-0.2, 0) is 6.42 Å². The van der Waals surface area contributed by atoms with E-state index in [2.05, 4.69) is 11.2 Å². The van der Waals surface area contributed by atoms with E-state index in [1.165, 1.54) is 12.1 Å². The number of rotatable bonds is 5. The molecular weight excluding hydrogens is 208 g/mol. The van der Waals surface area contributed by atoms with E-state index in [4.69, 9.17) is 6.42 Å². The second-order valence-electron chi connectivity index (χ2n) is 3.71. The number of halogens is 2. The number of benzene rings is 1. The van der Waals surface area contributed by atoms with Crippen LogP contribution in [0.2, 0.25) is 0 Å². The highest BCUT2D eigenvalue weighted by Crippen LogP contribution is 2.11. The summed E-state index contributed by atoms with van der Waals surface area (Å²) in [6.07, 6.45) is 7.20. The molecule has 3 heteroatoms. The summed E-state index contributed by atoms with van der Waals surface area (Å²) in [6, 6.07) is 3.73. The van der Waals surface area contributed by atoms with Crippen LogP contribution in [0.5, 0.6) is 0 Å². The zero-order valence-corrected chi connectivity index (χ0v) is 9.26. The van der Waals surface area contributed by atoms with E-state index in [9.17, 15) is 8.78 Å². The highest BCUT2D eigenvalue weighted by atomic mass is 19.1. The first-order valence-corrected chi connectivity index (χ1v) is 5.21. The van der Waals surface area contributed by atoms with E-state index < -0.39 is 11.6 Å². The Labute approximate surface area is 94.9 Å². The van der Waals surface area contributed by atoms with Crippen molar-refractivity contribution in [2.45, 2.75) is 25.3 Å². The smallest absolute Gasteiger partial charge is 0.126 e. The van der Waals surface area contributed by atoms with Crippen molar-refractivity contribution < 1.29 is 8.78 Å². The molecule has 1 rings (SSSR count). The van der Waals surface area contributed by atoms with Gasteiger partial charge in [-0.25, -0.2) is 8.78 Å². The third kappa shape index (κ3) is 4.00. The molecule has 0 fully saturated rings. The maximum absolute atomic E-state index is 12.9. The Morgan fingerprint density at radius 3 is 2.44 bits per heavy atom. The normalized spacial score (nSPS) is 12.1. The van der Waals surface area contributed by atoms with E-state index in [1.807, 2.05) is 7.05 Å². The van der Waals surface area contributed by atoms with Crippen molar-refractivity contribution in [1.82, 2.24) is 5.32 Å². The van der Waals surface area contributed by atoms with Crippen LogP contribution in [0.1, 0.15) is 18.4 Å². The van der Waals surface area contributed by atoms with E-state index in [1.54, 1.807) is 0 Å². The number of hydrogen-bond acceptors (Lipinski definition) is 1. The average molecular weight is 223 g/mol. The first-order valence-electron chi connectivity index (χ1n) is 5.21. The molecule has 0 amide bonds. The topological polar surface area (TPSA) is 12.0 Å². The lowest BCUT2D eigenvalue weighted by molar-refractivity contribution is 0.521. The third-order valence-electron chi connectivity index (χ3n) is 2.45. The molecule has 1 aromatic carbocycles. The lowest BCUT2D eigenvalue weighted by Gasteiger charge is -2.14. The van der Waals surface area contributed by atoms with E-state index in [0.717, 1.165) is 12.5 Å². The van der Waals surface area contributed by atoms with Gasteiger partial charge in [0.15, 0.2) is 0 Å². The summed E-state index contributed by atoms with van der Waals surface area (Å²) in [6.45, 7) is 0. The van der Waals surface area contributed by atoms with Gasteiger partial charge in [-0.15, -0.1) is 12.3 Å². The minimum atomic E-state index is -0.540. The molecule has 0 saturated heterocycles. The molecule has 0 bridgehead atoms. The molecular formula is C13H15F2N. The zero-order chi connectivity index (χ0) is 12.0. The minimum absolute atomic E-state index is 0.150. The van der Waals surface area contributed by atoms with Crippen molar-refractivity contribution in [2.24, 2.45) is 0 Å². The van der Waals surface area contributed by atoms with Gasteiger partial charge in [-0.1, -0.05) is 0 Å². The van der Waals surface area contributed by atoms with Crippen molar-refractivity contribution >= 4 is 0 Å². The van der Waals surface area contributed by atoms with Crippen LogP contribution in [0, 0.1) is 24.0 Å². The predicted molar refractivity (Wildman–Crippen MR) is 61.0 cm³/mol. The molecule has 0 radical (unpaired) electrons. The fourth-order valence-electron chi connectivity index (χ4n) is 1.62. The molecule has 0 aliphatic heterocycles. The second-order valence-corrected chi connectivity index (χ2v) is 3.71. The van der Waals surface area contributed by atoms with Gasteiger partial charge in [-0.3, -0.25) is 0 Å². The van der Waals surface area contributed by atoms with Crippen LogP contribution in [0.25, 0.3) is 0 Å². The number of hydrogen-bond donors (Lipinski definition) is 1. The quantitative estimate of drug-likeness (QED) is 0.756. The van der Waals surface area contributed by atoms with Crippen LogP contribution in [-0.4, -0.2) is 13.1 Å². The summed E-state index contributed by atoms with van der Waals surface area (Å²) >= 11 is 0. The van der Waals surface area contributed by atoms with Gasteiger partial charge in [-0.05, 0) is 37.6 Å². The molecule has 0 aliphatic rings. The monoisotopic (exact) mass is 223 g/mol. The van der Waals surface area contributed by atoms with Gasteiger partial charge in [0.1, 0.15) is 11.6 Å². The second kappa shape index (κ2) is 6.24. The molecule has 0 heterocycles. The highest BCUT2D eigenvalue weighted by molar-refractivity contribution is 5.19. The first-order chi connectivity index (χ1) is 7.65. The van der Waals surface area contributed by atoms with Gasteiger partial charge < -0.3 is 5.32 Å². The SMILES string of the molecule is C#CCCC(Cc1cc(F)cc(F)c1)NC. The molecule has 1 nitrogen and oxygen atoms in total. The molecule has 1 N–H and O–H groups in total. The number of nitrogens with one attached hydrogen (secondary N) is 1. The molecule has 16 heavy (non-hydrogen) atoms. The maximum Gasteiger partial charge on any atom is 0.126 e. The van der Waals surface area contributed by atoms with Crippen molar-refractivity contribution in [1.29, 1.82) is 0 Å². The Balaban J connectivity index is 2.66. The Hall–Kier alpha value is -1.40. The lowest BCUT2D eigenvalue weighted by Crippen LogP contribution is -2.27. The zero-order valence-electron chi connectivity index (χ0n) is 9.26. The van der Waals surface area contributed by atoms with Crippen LogP contribution in [0.15, 0.2) is 18.2 Å². The Bertz CT molecular complexity index is 362.